The summed E-state index contributed by atoms with van der Waals surface area (Å²) in [5.41, 5.74) is 5.72. The molecule has 0 aliphatic carbocycles. The largest absolute Gasteiger partial charge is 0.489 e. The number of halogens is 1. The van der Waals surface area contributed by atoms with E-state index in [9.17, 15) is 4.79 Å². The molecule has 0 aliphatic rings. The summed E-state index contributed by atoms with van der Waals surface area (Å²) in [6, 6.07) is 29.7. The Hall–Kier alpha value is -3.28. The van der Waals surface area contributed by atoms with Gasteiger partial charge in [-0.15, -0.1) is 11.8 Å². The van der Waals surface area contributed by atoms with Gasteiger partial charge >= 0.3 is 0 Å². The minimum absolute atomic E-state index is 0.139. The Kier molecular flexibility index (Phi) is 8.01. The highest BCUT2D eigenvalue weighted by Gasteiger charge is 2.03. The topological polar surface area (TPSA) is 50.7 Å². The monoisotopic (exact) mass is 474 g/mol. The molecule has 4 aromatic rings. The first-order chi connectivity index (χ1) is 16.2. The molecule has 0 saturated heterocycles. The summed E-state index contributed by atoms with van der Waals surface area (Å²) in [6.07, 6.45) is 1.62. The molecule has 4 nitrogen and oxygen atoms in total. The first kappa shape index (κ1) is 22.9. The van der Waals surface area contributed by atoms with E-state index in [1.54, 1.807) is 6.21 Å². The Balaban J connectivity index is 1.21. The van der Waals surface area contributed by atoms with E-state index in [1.165, 1.54) is 22.5 Å². The second-order valence-corrected chi connectivity index (χ2v) is 8.83. The molecule has 4 aromatic carbocycles. The van der Waals surface area contributed by atoms with Crippen molar-refractivity contribution in [3.05, 3.63) is 113 Å². The van der Waals surface area contributed by atoms with Gasteiger partial charge in [-0.1, -0.05) is 66.2 Å². The van der Waals surface area contributed by atoms with Gasteiger partial charge in [0.1, 0.15) is 12.4 Å². The molecule has 0 atom stereocenters. The second-order valence-electron chi connectivity index (χ2n) is 7.41. The molecule has 0 fully saturated rings. The van der Waals surface area contributed by atoms with Crippen LogP contribution in [0.5, 0.6) is 5.75 Å². The Labute approximate surface area is 202 Å². The Morgan fingerprint density at radius 1 is 0.939 bits per heavy atom. The van der Waals surface area contributed by atoms with Crippen molar-refractivity contribution < 1.29 is 9.53 Å². The van der Waals surface area contributed by atoms with Crippen LogP contribution in [0, 0.1) is 0 Å². The molecule has 6 heteroatoms. The quantitative estimate of drug-likeness (QED) is 0.224. The normalized spacial score (nSPS) is 11.1. The fourth-order valence-electron chi connectivity index (χ4n) is 3.28. The van der Waals surface area contributed by atoms with E-state index in [2.05, 4.69) is 34.8 Å². The molecule has 1 amide bonds. The predicted octanol–water partition coefficient (Wildman–Crippen LogP) is 6.46. The number of amides is 1. The average molecular weight is 475 g/mol. The van der Waals surface area contributed by atoms with Crippen molar-refractivity contribution in [3.8, 4) is 5.75 Å². The van der Waals surface area contributed by atoms with Crippen molar-refractivity contribution in [2.45, 2.75) is 12.4 Å². The van der Waals surface area contributed by atoms with Crippen LogP contribution in [0.25, 0.3) is 10.8 Å². The average Bonchev–Trinajstić information content (AvgIpc) is 2.85. The number of nitrogens with zero attached hydrogens (tertiary/aromatic N) is 1. The summed E-state index contributed by atoms with van der Waals surface area (Å²) in [4.78, 5) is 12.0. The molecule has 0 bridgehead atoms. The van der Waals surface area contributed by atoms with Gasteiger partial charge in [0.15, 0.2) is 0 Å². The third-order valence-electron chi connectivity index (χ3n) is 4.97. The number of carbonyl (C=O) groups excluding carboxylic acids is 1. The van der Waals surface area contributed by atoms with E-state index < -0.39 is 0 Å². The number of nitrogens with one attached hydrogen (secondary N) is 1. The van der Waals surface area contributed by atoms with Crippen LogP contribution in [0.1, 0.15) is 16.7 Å². The third kappa shape index (κ3) is 6.85. The number of thioether (sulfide) groups is 1. The van der Waals surface area contributed by atoms with Gasteiger partial charge in [-0.05, 0) is 63.9 Å². The molecule has 33 heavy (non-hydrogen) atoms. The summed E-state index contributed by atoms with van der Waals surface area (Å²) < 4.78 is 5.96. The van der Waals surface area contributed by atoms with E-state index in [1.807, 2.05) is 66.7 Å². The van der Waals surface area contributed by atoms with Crippen LogP contribution in [-0.2, 0) is 17.2 Å². The fraction of sp³-hybridized carbons (Fsp3) is 0.111. The van der Waals surface area contributed by atoms with Gasteiger partial charge < -0.3 is 4.74 Å². The van der Waals surface area contributed by atoms with Crippen LogP contribution in [0.2, 0.25) is 5.02 Å². The van der Waals surface area contributed by atoms with E-state index >= 15 is 0 Å². The maximum atomic E-state index is 12.0. The SMILES string of the molecule is O=C(CSCc1ccc(Cl)cc1)N/N=C/c1ccc(OCc2cccc3ccccc23)cc1. The zero-order chi connectivity index (χ0) is 22.9. The molecule has 0 radical (unpaired) electrons. The van der Waals surface area contributed by atoms with Crippen molar-refractivity contribution in [1.29, 1.82) is 0 Å². The van der Waals surface area contributed by atoms with Gasteiger partial charge in [-0.25, -0.2) is 5.43 Å². The van der Waals surface area contributed by atoms with E-state index in [-0.39, 0.29) is 5.91 Å². The fourth-order valence-corrected chi connectivity index (χ4v) is 4.19. The van der Waals surface area contributed by atoms with E-state index in [4.69, 9.17) is 16.3 Å². The summed E-state index contributed by atoms with van der Waals surface area (Å²) in [6.45, 7) is 0.499. The number of rotatable bonds is 9. The van der Waals surface area contributed by atoms with Crippen molar-refractivity contribution in [2.75, 3.05) is 5.75 Å². The highest BCUT2D eigenvalue weighted by molar-refractivity contribution is 7.99. The predicted molar refractivity (Wildman–Crippen MR) is 138 cm³/mol. The minimum atomic E-state index is -0.139. The van der Waals surface area contributed by atoms with Crippen LogP contribution >= 0.6 is 23.4 Å². The van der Waals surface area contributed by atoms with Crippen molar-refractivity contribution in [1.82, 2.24) is 5.43 Å². The molecule has 0 aromatic heterocycles. The van der Waals surface area contributed by atoms with Crippen LogP contribution in [-0.4, -0.2) is 17.9 Å². The third-order valence-corrected chi connectivity index (χ3v) is 6.23. The lowest BCUT2D eigenvalue weighted by Crippen LogP contribution is -2.19. The van der Waals surface area contributed by atoms with Gasteiger partial charge in [-0.3, -0.25) is 4.79 Å². The van der Waals surface area contributed by atoms with Gasteiger partial charge in [0.2, 0.25) is 5.91 Å². The smallest absolute Gasteiger partial charge is 0.250 e. The van der Waals surface area contributed by atoms with Crippen molar-refractivity contribution in [2.24, 2.45) is 5.10 Å². The molecule has 0 spiro atoms. The number of hydrogen-bond acceptors (Lipinski definition) is 4. The summed E-state index contributed by atoms with van der Waals surface area (Å²) in [5, 5.41) is 7.15. The Morgan fingerprint density at radius 3 is 2.52 bits per heavy atom. The highest BCUT2D eigenvalue weighted by Crippen LogP contribution is 2.21. The molecule has 1 N–H and O–H groups in total. The maximum absolute atomic E-state index is 12.0. The number of hydrazone groups is 1. The minimum Gasteiger partial charge on any atom is -0.489 e. The molecule has 0 saturated carbocycles. The molecule has 4 rings (SSSR count). The molecule has 0 heterocycles. The maximum Gasteiger partial charge on any atom is 0.250 e. The molecule has 0 aliphatic heterocycles. The van der Waals surface area contributed by atoms with Gasteiger partial charge in [0, 0.05) is 10.8 Å². The van der Waals surface area contributed by atoms with Crippen LogP contribution in [0.4, 0.5) is 0 Å². The van der Waals surface area contributed by atoms with Crippen LogP contribution in [0.15, 0.2) is 96.1 Å². The van der Waals surface area contributed by atoms with E-state index in [0.717, 1.165) is 28.2 Å². The second kappa shape index (κ2) is 11.5. The first-order valence-corrected chi connectivity index (χ1v) is 12.0. The standard InChI is InChI=1S/C27H23ClN2O2S/c28-24-12-8-21(9-13-24)18-33-19-27(31)30-29-16-20-10-14-25(15-11-20)32-17-23-6-3-5-22-4-1-2-7-26(22)23/h1-16H,17-19H2,(H,30,31)/b29-16+. The number of hydrogen-bond donors (Lipinski definition) is 1. The lowest BCUT2D eigenvalue weighted by molar-refractivity contribution is -0.118. The molecule has 166 valence electrons. The van der Waals surface area contributed by atoms with Gasteiger partial charge in [0.05, 0.1) is 12.0 Å². The number of carbonyl (C=O) groups is 1. The summed E-state index contributed by atoms with van der Waals surface area (Å²) in [7, 11) is 0. The molecular formula is C27H23ClN2O2S. The molecule has 0 unspecified atom stereocenters. The number of fused-ring (bicyclic) bond motifs is 1. The molecular weight excluding hydrogens is 452 g/mol. The lowest BCUT2D eigenvalue weighted by atomic mass is 10.1. The van der Waals surface area contributed by atoms with Gasteiger partial charge in [0.25, 0.3) is 0 Å². The first-order valence-electron chi connectivity index (χ1n) is 10.5. The number of benzene rings is 4. The van der Waals surface area contributed by atoms with Gasteiger partial charge in [-0.2, -0.15) is 5.10 Å². The lowest BCUT2D eigenvalue weighted by Gasteiger charge is -2.09. The Bertz CT molecular complexity index is 1240. The van der Waals surface area contributed by atoms with Crippen molar-refractivity contribution >= 4 is 46.3 Å². The highest BCUT2D eigenvalue weighted by atomic mass is 35.5. The van der Waals surface area contributed by atoms with Crippen molar-refractivity contribution in [3.63, 3.8) is 0 Å². The van der Waals surface area contributed by atoms with Crippen LogP contribution in [0.3, 0.4) is 0 Å². The van der Waals surface area contributed by atoms with E-state index in [0.29, 0.717) is 17.4 Å². The Morgan fingerprint density at radius 2 is 1.70 bits per heavy atom. The summed E-state index contributed by atoms with van der Waals surface area (Å²) >= 11 is 7.41. The zero-order valence-electron chi connectivity index (χ0n) is 17.9. The number of ether oxygens (including phenoxy) is 1. The van der Waals surface area contributed by atoms with Crippen LogP contribution < -0.4 is 10.2 Å². The summed E-state index contributed by atoms with van der Waals surface area (Å²) in [5.74, 6) is 1.72. The zero-order valence-corrected chi connectivity index (χ0v) is 19.5.